The molecular weight excluding hydrogens is 222 g/mol. The van der Waals surface area contributed by atoms with Crippen LogP contribution < -0.4 is 5.73 Å². The molecule has 5 heteroatoms. The lowest BCUT2D eigenvalue weighted by Crippen LogP contribution is -2.26. The zero-order chi connectivity index (χ0) is 13.0. The maximum Gasteiger partial charge on any atom is 0.127 e. The van der Waals surface area contributed by atoms with Gasteiger partial charge in [-0.1, -0.05) is 19.8 Å². The van der Waals surface area contributed by atoms with Crippen molar-refractivity contribution in [1.29, 1.82) is 0 Å². The van der Waals surface area contributed by atoms with E-state index in [4.69, 9.17) is 10.8 Å². The molecule has 0 radical (unpaired) electrons. The van der Waals surface area contributed by atoms with Crippen molar-refractivity contribution in [2.75, 3.05) is 0 Å². The number of nitrogens with two attached hydrogens (primary N) is 1. The van der Waals surface area contributed by atoms with Crippen LogP contribution in [0.25, 0.3) is 0 Å². The fourth-order valence-corrected chi connectivity index (χ4v) is 1.74. The van der Waals surface area contributed by atoms with Gasteiger partial charge in [-0.2, -0.15) is 0 Å². The summed E-state index contributed by atoms with van der Waals surface area (Å²) >= 11 is 0. The number of phenols is 3. The van der Waals surface area contributed by atoms with Crippen LogP contribution in [0.15, 0.2) is 12.1 Å². The highest BCUT2D eigenvalue weighted by Crippen LogP contribution is 2.37. The molecule has 1 rings (SSSR count). The third kappa shape index (κ3) is 3.25. The van der Waals surface area contributed by atoms with E-state index in [0.29, 0.717) is 6.42 Å². The van der Waals surface area contributed by atoms with Crippen molar-refractivity contribution in [1.82, 2.24) is 0 Å². The van der Waals surface area contributed by atoms with Gasteiger partial charge in [-0.05, 0) is 6.42 Å². The molecule has 0 amide bonds. The van der Waals surface area contributed by atoms with Crippen LogP contribution in [0.5, 0.6) is 17.2 Å². The van der Waals surface area contributed by atoms with Crippen molar-refractivity contribution in [2.24, 2.45) is 5.73 Å². The van der Waals surface area contributed by atoms with Gasteiger partial charge in [0.1, 0.15) is 17.2 Å². The van der Waals surface area contributed by atoms with Crippen LogP contribution in [-0.4, -0.2) is 26.5 Å². The van der Waals surface area contributed by atoms with E-state index >= 15 is 0 Å². The first-order chi connectivity index (χ1) is 7.97. The highest BCUT2D eigenvalue weighted by atomic mass is 16.3. The molecule has 0 aliphatic carbocycles. The van der Waals surface area contributed by atoms with Crippen LogP contribution in [-0.2, 0) is 0 Å². The SMILES string of the molecule is CCCC[C@@H](O)[C@@H](N)c1c(O)cc(O)cc1O. The smallest absolute Gasteiger partial charge is 0.127 e. The highest BCUT2D eigenvalue weighted by Gasteiger charge is 2.23. The molecule has 0 aliphatic heterocycles. The number of hydrogen-bond donors (Lipinski definition) is 5. The van der Waals surface area contributed by atoms with Crippen molar-refractivity contribution in [3.63, 3.8) is 0 Å². The molecule has 17 heavy (non-hydrogen) atoms. The molecule has 0 fully saturated rings. The average Bonchev–Trinajstić information content (AvgIpc) is 2.24. The second kappa shape index (κ2) is 5.75. The summed E-state index contributed by atoms with van der Waals surface area (Å²) in [5, 5.41) is 38.2. The van der Waals surface area contributed by atoms with E-state index in [1.54, 1.807) is 0 Å². The Hall–Kier alpha value is -1.46. The van der Waals surface area contributed by atoms with E-state index in [9.17, 15) is 15.3 Å². The molecule has 0 saturated heterocycles. The summed E-state index contributed by atoms with van der Waals surface area (Å²) in [5.41, 5.74) is 5.84. The lowest BCUT2D eigenvalue weighted by atomic mass is 9.96. The van der Waals surface area contributed by atoms with E-state index in [1.807, 2.05) is 6.92 Å². The van der Waals surface area contributed by atoms with Crippen molar-refractivity contribution >= 4 is 0 Å². The number of rotatable bonds is 5. The van der Waals surface area contributed by atoms with E-state index < -0.39 is 12.1 Å². The van der Waals surface area contributed by atoms with Crippen LogP contribution in [0.4, 0.5) is 0 Å². The Balaban J connectivity index is 2.91. The highest BCUT2D eigenvalue weighted by molar-refractivity contribution is 5.50. The minimum atomic E-state index is -0.873. The van der Waals surface area contributed by atoms with Gasteiger partial charge in [0.2, 0.25) is 0 Å². The first kappa shape index (κ1) is 13.6. The van der Waals surface area contributed by atoms with Crippen molar-refractivity contribution in [2.45, 2.75) is 38.3 Å². The summed E-state index contributed by atoms with van der Waals surface area (Å²) in [6.45, 7) is 1.99. The molecule has 6 N–H and O–H groups in total. The quantitative estimate of drug-likeness (QED) is 0.535. The number of benzene rings is 1. The second-order valence-corrected chi connectivity index (χ2v) is 4.13. The van der Waals surface area contributed by atoms with Gasteiger partial charge in [-0.25, -0.2) is 0 Å². The van der Waals surface area contributed by atoms with Crippen LogP contribution in [0, 0.1) is 0 Å². The van der Waals surface area contributed by atoms with Crippen LogP contribution >= 0.6 is 0 Å². The molecule has 0 aromatic heterocycles. The monoisotopic (exact) mass is 241 g/mol. The molecule has 5 nitrogen and oxygen atoms in total. The van der Waals surface area contributed by atoms with Gasteiger partial charge in [0.15, 0.2) is 0 Å². The maximum atomic E-state index is 9.81. The first-order valence-corrected chi connectivity index (χ1v) is 5.65. The summed E-state index contributed by atoms with van der Waals surface area (Å²) in [7, 11) is 0. The molecule has 0 saturated carbocycles. The molecule has 1 aromatic rings. The van der Waals surface area contributed by atoms with Gasteiger partial charge in [-0.3, -0.25) is 0 Å². The van der Waals surface area contributed by atoms with Gasteiger partial charge in [0.25, 0.3) is 0 Å². The normalized spacial score (nSPS) is 14.5. The Morgan fingerprint density at radius 3 is 2.18 bits per heavy atom. The molecule has 0 spiro atoms. The Morgan fingerprint density at radius 1 is 1.18 bits per heavy atom. The minimum Gasteiger partial charge on any atom is -0.508 e. The number of aromatic hydroxyl groups is 3. The maximum absolute atomic E-state index is 9.81. The summed E-state index contributed by atoms with van der Waals surface area (Å²) in [5.74, 6) is -0.880. The minimum absolute atomic E-state index is 0.0615. The second-order valence-electron chi connectivity index (χ2n) is 4.13. The molecule has 0 bridgehead atoms. The standard InChI is InChI=1S/C12H19NO4/c1-2-3-4-8(15)12(13)11-9(16)5-7(14)6-10(11)17/h5-6,8,12,14-17H,2-4,13H2,1H3/t8-,12-/m1/s1. The Kier molecular flexibility index (Phi) is 4.60. The lowest BCUT2D eigenvalue weighted by Gasteiger charge is -2.21. The third-order valence-corrected chi connectivity index (χ3v) is 2.72. The fraction of sp³-hybridized carbons (Fsp3) is 0.500. The summed E-state index contributed by atoms with van der Waals surface area (Å²) in [6.07, 6.45) is 1.40. The van der Waals surface area contributed by atoms with Crippen LogP contribution in [0.3, 0.4) is 0 Å². The van der Waals surface area contributed by atoms with Crippen LogP contribution in [0.1, 0.15) is 37.8 Å². The number of aliphatic hydroxyl groups excluding tert-OH is 1. The summed E-state index contributed by atoms with van der Waals surface area (Å²) in [4.78, 5) is 0. The zero-order valence-electron chi connectivity index (χ0n) is 9.80. The molecule has 2 atom stereocenters. The van der Waals surface area contributed by atoms with Crippen molar-refractivity contribution in [3.8, 4) is 17.2 Å². The molecule has 96 valence electrons. The summed E-state index contributed by atoms with van der Waals surface area (Å²) in [6, 6.07) is 1.30. The summed E-state index contributed by atoms with van der Waals surface area (Å²) < 4.78 is 0. The fourth-order valence-electron chi connectivity index (χ4n) is 1.74. The van der Waals surface area contributed by atoms with E-state index in [1.165, 1.54) is 0 Å². The van der Waals surface area contributed by atoms with E-state index in [0.717, 1.165) is 25.0 Å². The number of unbranched alkanes of at least 4 members (excludes halogenated alkanes) is 1. The van der Waals surface area contributed by atoms with Gasteiger partial charge in [0.05, 0.1) is 17.7 Å². The van der Waals surface area contributed by atoms with E-state index in [2.05, 4.69) is 0 Å². The lowest BCUT2D eigenvalue weighted by molar-refractivity contribution is 0.130. The molecule has 0 aliphatic rings. The molecule has 0 heterocycles. The number of hydrogen-bond acceptors (Lipinski definition) is 5. The number of phenolic OH excluding ortho intramolecular Hbond substituents is 3. The van der Waals surface area contributed by atoms with Gasteiger partial charge < -0.3 is 26.2 Å². The zero-order valence-corrected chi connectivity index (χ0v) is 9.80. The first-order valence-electron chi connectivity index (χ1n) is 5.65. The molecular formula is C12H19NO4. The van der Waals surface area contributed by atoms with Gasteiger partial charge in [0, 0.05) is 12.1 Å². The van der Waals surface area contributed by atoms with Gasteiger partial charge >= 0.3 is 0 Å². The Bertz CT molecular complexity index is 358. The predicted octanol–water partition coefficient (Wildman–Crippen LogP) is 1.35. The average molecular weight is 241 g/mol. The molecule has 1 aromatic carbocycles. The van der Waals surface area contributed by atoms with E-state index in [-0.39, 0.29) is 22.8 Å². The molecule has 0 unspecified atom stereocenters. The van der Waals surface area contributed by atoms with Crippen LogP contribution in [0.2, 0.25) is 0 Å². The predicted molar refractivity (Wildman–Crippen MR) is 63.9 cm³/mol. The topological polar surface area (TPSA) is 107 Å². The Morgan fingerprint density at radius 2 is 1.71 bits per heavy atom. The van der Waals surface area contributed by atoms with Crippen molar-refractivity contribution < 1.29 is 20.4 Å². The largest absolute Gasteiger partial charge is 0.508 e. The third-order valence-electron chi connectivity index (χ3n) is 2.72. The van der Waals surface area contributed by atoms with Gasteiger partial charge in [-0.15, -0.1) is 0 Å². The Labute approximate surface area is 100 Å². The number of aliphatic hydroxyl groups is 1. The van der Waals surface area contributed by atoms with Crippen molar-refractivity contribution in [3.05, 3.63) is 17.7 Å².